The molecule has 1 aromatic carbocycles. The molecule has 1 aliphatic heterocycles. The van der Waals surface area contributed by atoms with E-state index in [1.165, 1.54) is 39.8 Å². The van der Waals surface area contributed by atoms with Gasteiger partial charge < -0.3 is 9.80 Å². The fraction of sp³-hybridized carbons (Fsp3) is 0.290. The Labute approximate surface area is 251 Å². The molecule has 222 valence electrons. The molecule has 3 aromatic heterocycles. The highest BCUT2D eigenvalue weighted by Crippen LogP contribution is 2.37. The van der Waals surface area contributed by atoms with Crippen LogP contribution in [0.15, 0.2) is 54.0 Å². The van der Waals surface area contributed by atoms with Crippen molar-refractivity contribution in [3.8, 4) is 16.9 Å². The number of nitrogens with zero attached hydrogens (tertiary/aromatic N) is 6. The first-order valence-corrected chi connectivity index (χ1v) is 14.1. The zero-order chi connectivity index (χ0) is 31.0. The number of hydrogen-bond acceptors (Lipinski definition) is 7. The Morgan fingerprint density at radius 2 is 2.00 bits per heavy atom. The predicted octanol–water partition coefficient (Wildman–Crippen LogP) is 5.05. The van der Waals surface area contributed by atoms with E-state index in [2.05, 4.69) is 16.5 Å². The maximum absolute atomic E-state index is 15.2. The quantitative estimate of drug-likeness (QED) is 0.214. The molecule has 0 spiro atoms. The van der Waals surface area contributed by atoms with Gasteiger partial charge in [0.25, 0.3) is 0 Å². The number of aromatic nitrogens is 4. The summed E-state index contributed by atoms with van der Waals surface area (Å²) < 4.78 is 31.0. The number of rotatable bonds is 7. The molecule has 43 heavy (non-hydrogen) atoms. The van der Waals surface area contributed by atoms with Gasteiger partial charge in [-0.1, -0.05) is 44.2 Å². The molecule has 0 N–H and O–H groups in total. The Balaban J connectivity index is 1.86. The number of fused-ring (bicyclic) bond motifs is 1. The number of aldehydes is 1. The number of hydrogen-bond donors (Lipinski definition) is 0. The minimum absolute atomic E-state index is 0.00166. The fourth-order valence-electron chi connectivity index (χ4n) is 5.47. The largest absolute Gasteiger partial charge is 0.355 e. The van der Waals surface area contributed by atoms with E-state index >= 15 is 4.39 Å². The van der Waals surface area contributed by atoms with E-state index in [9.17, 15) is 18.8 Å². The van der Waals surface area contributed by atoms with Crippen molar-refractivity contribution in [2.75, 3.05) is 31.2 Å². The third-order valence-electron chi connectivity index (χ3n) is 7.56. The van der Waals surface area contributed by atoms with Gasteiger partial charge in [-0.05, 0) is 42.7 Å². The first kappa shape index (κ1) is 30.0. The van der Waals surface area contributed by atoms with Crippen molar-refractivity contribution in [1.29, 1.82) is 0 Å². The van der Waals surface area contributed by atoms with E-state index < -0.39 is 24.2 Å². The van der Waals surface area contributed by atoms with Gasteiger partial charge in [-0.3, -0.25) is 14.6 Å². The van der Waals surface area contributed by atoms with Crippen LogP contribution in [0.5, 0.6) is 0 Å². The second kappa shape index (κ2) is 12.0. The lowest BCUT2D eigenvalue weighted by molar-refractivity contribution is -0.126. The molecular formula is C31H29ClF2N6O3. The lowest BCUT2D eigenvalue weighted by atomic mass is 10.0. The van der Waals surface area contributed by atoms with Crippen LogP contribution in [0.25, 0.3) is 28.0 Å². The van der Waals surface area contributed by atoms with Crippen LogP contribution in [0.3, 0.4) is 0 Å². The number of alkyl halides is 1. The first-order chi connectivity index (χ1) is 20.6. The summed E-state index contributed by atoms with van der Waals surface area (Å²) in [5.41, 5.74) is 1.00. The van der Waals surface area contributed by atoms with Crippen LogP contribution in [-0.4, -0.2) is 69.0 Å². The second-order valence-corrected chi connectivity index (χ2v) is 11.0. The van der Waals surface area contributed by atoms with Gasteiger partial charge in [-0.2, -0.15) is 4.98 Å². The first-order valence-electron chi connectivity index (χ1n) is 13.7. The number of piperazine rings is 1. The number of amides is 1. The zero-order valence-corrected chi connectivity index (χ0v) is 24.6. The standard InChI is InChI=1S/C31H29ClF2N6O3/c1-5-24(42)38-11-12-39(20(14-33)15-38)29-21-13-22(32)27(25-19(16-41)7-6-8-23(25)34)36-30(21)40(31(43)37-29)28-18(4)9-10-35-26(28)17(2)3/h5-10,13,16-17,20H,1,11-12,14-15H2,2-4H3/t20-/m0/s1. The predicted molar refractivity (Wildman–Crippen MR) is 161 cm³/mol. The van der Waals surface area contributed by atoms with Crippen molar-refractivity contribution in [1.82, 2.24) is 24.4 Å². The summed E-state index contributed by atoms with van der Waals surface area (Å²) in [4.78, 5) is 54.9. The van der Waals surface area contributed by atoms with Crippen LogP contribution in [0.4, 0.5) is 14.6 Å². The topological polar surface area (TPSA) is 101 Å². The number of benzene rings is 1. The maximum Gasteiger partial charge on any atom is 0.355 e. The number of carbonyl (C=O) groups is 2. The smallest absolute Gasteiger partial charge is 0.347 e. The highest BCUT2D eigenvalue weighted by Gasteiger charge is 2.33. The molecular weight excluding hydrogens is 578 g/mol. The molecule has 1 atom stereocenters. The fourth-order valence-corrected chi connectivity index (χ4v) is 5.72. The lowest BCUT2D eigenvalue weighted by Gasteiger charge is -2.41. The third-order valence-corrected chi connectivity index (χ3v) is 7.84. The normalized spacial score (nSPS) is 15.3. The SMILES string of the molecule is C=CC(=O)N1CCN(c2nc(=O)n(-c3c(C)ccnc3C(C)C)c3nc(-c4c(F)cccc4C=O)c(Cl)cc23)[C@@H](CF)C1. The van der Waals surface area contributed by atoms with Gasteiger partial charge in [0.2, 0.25) is 5.91 Å². The minimum atomic E-state index is -0.830. The van der Waals surface area contributed by atoms with Crippen molar-refractivity contribution in [3.63, 3.8) is 0 Å². The summed E-state index contributed by atoms with van der Waals surface area (Å²) >= 11 is 6.73. The third kappa shape index (κ3) is 5.29. The molecule has 1 fully saturated rings. The van der Waals surface area contributed by atoms with E-state index in [4.69, 9.17) is 16.6 Å². The molecule has 0 unspecified atom stereocenters. The van der Waals surface area contributed by atoms with Gasteiger partial charge in [0.1, 0.15) is 18.3 Å². The van der Waals surface area contributed by atoms with E-state index in [1.807, 2.05) is 20.8 Å². The minimum Gasteiger partial charge on any atom is -0.347 e. The molecule has 1 aliphatic rings. The summed E-state index contributed by atoms with van der Waals surface area (Å²) in [5.74, 6) is -1.02. The summed E-state index contributed by atoms with van der Waals surface area (Å²) in [6.07, 6.45) is 3.32. The second-order valence-electron chi connectivity index (χ2n) is 10.6. The van der Waals surface area contributed by atoms with Crippen LogP contribution < -0.4 is 10.6 Å². The number of pyridine rings is 2. The van der Waals surface area contributed by atoms with Crippen molar-refractivity contribution < 1.29 is 18.4 Å². The Morgan fingerprint density at radius 3 is 2.67 bits per heavy atom. The molecule has 5 rings (SSSR count). The number of carbonyl (C=O) groups excluding carboxylic acids is 2. The van der Waals surface area contributed by atoms with Gasteiger partial charge in [0.05, 0.1) is 33.5 Å². The van der Waals surface area contributed by atoms with Crippen molar-refractivity contribution in [2.24, 2.45) is 0 Å². The van der Waals surface area contributed by atoms with Crippen molar-refractivity contribution in [3.05, 3.63) is 87.3 Å². The monoisotopic (exact) mass is 606 g/mol. The van der Waals surface area contributed by atoms with E-state index in [0.29, 0.717) is 28.6 Å². The highest BCUT2D eigenvalue weighted by molar-refractivity contribution is 6.34. The molecule has 0 radical (unpaired) electrons. The molecule has 4 aromatic rings. The van der Waals surface area contributed by atoms with Crippen LogP contribution in [0.1, 0.15) is 41.4 Å². The molecule has 0 bridgehead atoms. The summed E-state index contributed by atoms with van der Waals surface area (Å²) in [6, 6.07) is 6.46. The van der Waals surface area contributed by atoms with E-state index in [0.717, 1.165) is 0 Å². The van der Waals surface area contributed by atoms with Crippen LogP contribution in [-0.2, 0) is 4.79 Å². The van der Waals surface area contributed by atoms with Crippen molar-refractivity contribution >= 4 is 40.6 Å². The Morgan fingerprint density at radius 1 is 1.23 bits per heavy atom. The summed E-state index contributed by atoms with van der Waals surface area (Å²) in [6.45, 7) is 8.82. The van der Waals surface area contributed by atoms with E-state index in [-0.39, 0.29) is 64.8 Å². The molecule has 9 nitrogen and oxygen atoms in total. The zero-order valence-electron chi connectivity index (χ0n) is 23.9. The van der Waals surface area contributed by atoms with Crippen LogP contribution in [0.2, 0.25) is 5.02 Å². The highest BCUT2D eigenvalue weighted by atomic mass is 35.5. The Bertz CT molecular complexity index is 1830. The summed E-state index contributed by atoms with van der Waals surface area (Å²) in [7, 11) is 0. The average molecular weight is 607 g/mol. The van der Waals surface area contributed by atoms with Crippen LogP contribution in [0, 0.1) is 12.7 Å². The van der Waals surface area contributed by atoms with E-state index in [1.54, 1.807) is 17.2 Å². The van der Waals surface area contributed by atoms with Crippen LogP contribution >= 0.6 is 11.6 Å². The number of halogens is 3. The molecule has 12 heteroatoms. The van der Waals surface area contributed by atoms with Gasteiger partial charge in [0, 0.05) is 37.0 Å². The number of anilines is 1. The van der Waals surface area contributed by atoms with Crippen molar-refractivity contribution in [2.45, 2.75) is 32.7 Å². The number of aryl methyl sites for hydroxylation is 1. The van der Waals surface area contributed by atoms with Gasteiger partial charge in [-0.15, -0.1) is 0 Å². The molecule has 0 aliphatic carbocycles. The Kier molecular flexibility index (Phi) is 8.36. The lowest BCUT2D eigenvalue weighted by Crippen LogP contribution is -2.56. The molecule has 1 saturated heterocycles. The van der Waals surface area contributed by atoms with Gasteiger partial charge in [0.15, 0.2) is 11.9 Å². The molecule has 0 saturated carbocycles. The summed E-state index contributed by atoms with van der Waals surface area (Å²) in [5, 5.41) is 0.301. The van der Waals surface area contributed by atoms with Gasteiger partial charge in [-0.25, -0.2) is 23.1 Å². The molecule has 4 heterocycles. The molecule has 1 amide bonds. The maximum atomic E-state index is 15.2. The Hall–Kier alpha value is -4.51. The average Bonchev–Trinajstić information content (AvgIpc) is 3.00. The van der Waals surface area contributed by atoms with Gasteiger partial charge >= 0.3 is 5.69 Å².